The van der Waals surface area contributed by atoms with E-state index in [2.05, 4.69) is 0 Å². The summed E-state index contributed by atoms with van der Waals surface area (Å²) in [6.45, 7) is 1.83. The van der Waals surface area contributed by atoms with Crippen LogP contribution >= 0.6 is 11.8 Å². The number of para-hydroxylation sites is 2. The van der Waals surface area contributed by atoms with E-state index >= 15 is 0 Å². The van der Waals surface area contributed by atoms with Crippen LogP contribution < -0.4 is 0 Å². The number of hydrogen-bond acceptors (Lipinski definition) is 5. The van der Waals surface area contributed by atoms with Gasteiger partial charge in [-0.05, 0) is 30.8 Å². The first kappa shape index (κ1) is 18.9. The van der Waals surface area contributed by atoms with E-state index in [4.69, 9.17) is 0 Å². The number of amides is 2. The lowest BCUT2D eigenvalue weighted by Crippen LogP contribution is -2.27. The van der Waals surface area contributed by atoms with Crippen molar-refractivity contribution in [2.75, 3.05) is 0 Å². The number of rotatable bonds is 4. The molecule has 0 atom stereocenters. The molecule has 4 rings (SSSR count). The van der Waals surface area contributed by atoms with Crippen molar-refractivity contribution in [2.24, 2.45) is 7.05 Å². The molecular formula is C21H17N3O4S. The maximum Gasteiger partial charge on any atom is 0.293 e. The summed E-state index contributed by atoms with van der Waals surface area (Å²) >= 11 is 0.856. The Morgan fingerprint density at radius 3 is 2.55 bits per heavy atom. The van der Waals surface area contributed by atoms with Crippen molar-refractivity contribution in [1.29, 1.82) is 0 Å². The molecule has 1 aromatic heterocycles. The quantitative estimate of drug-likeness (QED) is 0.358. The van der Waals surface area contributed by atoms with Crippen LogP contribution in [0.25, 0.3) is 17.0 Å². The minimum atomic E-state index is -0.510. The number of hydrogen-bond donors (Lipinski definition) is 0. The molecule has 2 amide bonds. The molecule has 1 aliphatic heterocycles. The summed E-state index contributed by atoms with van der Waals surface area (Å²) in [4.78, 5) is 37.5. The predicted molar refractivity (Wildman–Crippen MR) is 112 cm³/mol. The SMILES string of the molecule is Cc1c(/C=C2\SC(=O)N(Cc3ccccc3[N+](=O)[O-])C2=O)c2ccccc2n1C. The van der Waals surface area contributed by atoms with Gasteiger partial charge < -0.3 is 4.57 Å². The van der Waals surface area contributed by atoms with Gasteiger partial charge in [0.1, 0.15) is 0 Å². The lowest BCUT2D eigenvalue weighted by molar-refractivity contribution is -0.385. The third-order valence-corrected chi connectivity index (χ3v) is 6.02. The number of aromatic nitrogens is 1. The van der Waals surface area contributed by atoms with Gasteiger partial charge in [0.05, 0.1) is 16.4 Å². The molecule has 8 heteroatoms. The molecule has 1 fully saturated rings. The largest absolute Gasteiger partial charge is 0.347 e. The second-order valence-corrected chi connectivity index (χ2v) is 7.72. The lowest BCUT2D eigenvalue weighted by Gasteiger charge is -2.12. The molecule has 3 aromatic rings. The predicted octanol–water partition coefficient (Wildman–Crippen LogP) is 4.63. The molecule has 2 heterocycles. The Morgan fingerprint density at radius 1 is 1.10 bits per heavy atom. The van der Waals surface area contributed by atoms with Gasteiger partial charge in [-0.2, -0.15) is 0 Å². The molecule has 146 valence electrons. The highest BCUT2D eigenvalue weighted by molar-refractivity contribution is 8.18. The molecule has 0 bridgehead atoms. The molecule has 7 nitrogen and oxygen atoms in total. The number of nitrogens with zero attached hydrogens (tertiary/aromatic N) is 3. The fraction of sp³-hybridized carbons (Fsp3) is 0.143. The standard InChI is InChI=1S/C21H17N3O4S/c1-13-16(15-8-4-6-10-18(15)22(13)2)11-19-20(25)23(21(26)29-19)12-14-7-3-5-9-17(14)24(27)28/h3-11H,12H2,1-2H3/b19-11-. The summed E-state index contributed by atoms with van der Waals surface area (Å²) in [5, 5.41) is 11.8. The Morgan fingerprint density at radius 2 is 1.79 bits per heavy atom. The van der Waals surface area contributed by atoms with Crippen molar-refractivity contribution >= 4 is 45.6 Å². The second-order valence-electron chi connectivity index (χ2n) is 6.73. The normalized spacial score (nSPS) is 15.7. The summed E-state index contributed by atoms with van der Waals surface area (Å²) in [6.07, 6.45) is 1.74. The van der Waals surface area contributed by atoms with Crippen molar-refractivity contribution in [1.82, 2.24) is 9.47 Å². The molecule has 0 radical (unpaired) electrons. The molecule has 0 spiro atoms. The summed E-state index contributed by atoms with van der Waals surface area (Å²) in [5.74, 6) is -0.439. The van der Waals surface area contributed by atoms with E-state index in [0.29, 0.717) is 10.5 Å². The van der Waals surface area contributed by atoms with Crippen LogP contribution in [0.3, 0.4) is 0 Å². The van der Waals surface area contributed by atoms with Crippen LogP contribution in [0.5, 0.6) is 0 Å². The molecule has 0 aliphatic carbocycles. The molecule has 29 heavy (non-hydrogen) atoms. The van der Waals surface area contributed by atoms with E-state index in [1.165, 1.54) is 6.07 Å². The Kier molecular flexibility index (Phi) is 4.71. The van der Waals surface area contributed by atoms with E-state index in [0.717, 1.165) is 38.8 Å². The first-order chi connectivity index (χ1) is 13.9. The molecule has 0 unspecified atom stereocenters. The Hall–Kier alpha value is -3.39. The van der Waals surface area contributed by atoms with Crippen LogP contribution in [-0.4, -0.2) is 25.5 Å². The van der Waals surface area contributed by atoms with Crippen LogP contribution in [-0.2, 0) is 18.4 Å². The van der Waals surface area contributed by atoms with Gasteiger partial charge in [-0.15, -0.1) is 0 Å². The van der Waals surface area contributed by atoms with Crippen LogP contribution in [0.1, 0.15) is 16.8 Å². The van der Waals surface area contributed by atoms with E-state index in [9.17, 15) is 19.7 Å². The van der Waals surface area contributed by atoms with E-state index in [1.54, 1.807) is 24.3 Å². The first-order valence-corrected chi connectivity index (χ1v) is 9.72. The minimum absolute atomic E-state index is 0.111. The number of thioether (sulfide) groups is 1. The highest BCUT2D eigenvalue weighted by Crippen LogP contribution is 2.36. The monoisotopic (exact) mass is 407 g/mol. The maximum absolute atomic E-state index is 12.9. The molecule has 0 N–H and O–H groups in total. The summed E-state index contributed by atoms with van der Waals surface area (Å²) < 4.78 is 2.04. The third-order valence-electron chi connectivity index (χ3n) is 5.11. The zero-order valence-corrected chi connectivity index (χ0v) is 16.6. The van der Waals surface area contributed by atoms with Crippen LogP contribution in [0.4, 0.5) is 10.5 Å². The molecule has 2 aromatic carbocycles. The van der Waals surface area contributed by atoms with Gasteiger partial charge in [0.25, 0.3) is 16.8 Å². The maximum atomic E-state index is 12.9. The fourth-order valence-electron chi connectivity index (χ4n) is 3.49. The number of carbonyl (C=O) groups excluding carboxylic acids is 2. The van der Waals surface area contributed by atoms with Crippen molar-refractivity contribution in [2.45, 2.75) is 13.5 Å². The van der Waals surface area contributed by atoms with Crippen molar-refractivity contribution in [3.63, 3.8) is 0 Å². The highest BCUT2D eigenvalue weighted by atomic mass is 32.2. The number of imide groups is 1. The molecule has 0 saturated carbocycles. The number of nitro groups is 1. The summed E-state index contributed by atoms with van der Waals surface area (Å²) in [7, 11) is 1.95. The van der Waals surface area contributed by atoms with Gasteiger partial charge in [0, 0.05) is 40.8 Å². The summed E-state index contributed by atoms with van der Waals surface area (Å²) in [6, 6.07) is 14.0. The van der Waals surface area contributed by atoms with Gasteiger partial charge in [0.15, 0.2) is 0 Å². The van der Waals surface area contributed by atoms with E-state index < -0.39 is 16.1 Å². The van der Waals surface area contributed by atoms with Crippen molar-refractivity contribution < 1.29 is 14.5 Å². The van der Waals surface area contributed by atoms with E-state index in [-0.39, 0.29) is 12.2 Å². The fourth-order valence-corrected chi connectivity index (χ4v) is 4.31. The average Bonchev–Trinajstić information content (AvgIpc) is 3.11. The van der Waals surface area contributed by atoms with Crippen LogP contribution in [0.15, 0.2) is 53.4 Å². The lowest BCUT2D eigenvalue weighted by atomic mass is 10.1. The van der Waals surface area contributed by atoms with Gasteiger partial charge in [0.2, 0.25) is 0 Å². The third kappa shape index (κ3) is 3.21. The molecular weight excluding hydrogens is 390 g/mol. The first-order valence-electron chi connectivity index (χ1n) is 8.90. The number of benzene rings is 2. The van der Waals surface area contributed by atoms with Crippen molar-refractivity contribution in [3.8, 4) is 0 Å². The topological polar surface area (TPSA) is 85.5 Å². The highest BCUT2D eigenvalue weighted by Gasteiger charge is 2.36. The summed E-state index contributed by atoms with van der Waals surface area (Å²) in [5.41, 5.74) is 3.12. The van der Waals surface area contributed by atoms with E-state index in [1.807, 2.05) is 42.8 Å². The smallest absolute Gasteiger partial charge is 0.293 e. The Balaban J connectivity index is 1.70. The number of aryl methyl sites for hydroxylation is 1. The van der Waals surface area contributed by atoms with Gasteiger partial charge in [-0.1, -0.05) is 36.4 Å². The molecule has 1 saturated heterocycles. The van der Waals surface area contributed by atoms with Crippen molar-refractivity contribution in [3.05, 3.63) is 80.4 Å². The second kappa shape index (κ2) is 7.21. The number of nitro benzene ring substituents is 1. The Bertz CT molecular complexity index is 1210. The van der Waals surface area contributed by atoms with Crippen LogP contribution in [0.2, 0.25) is 0 Å². The van der Waals surface area contributed by atoms with Gasteiger partial charge >= 0.3 is 0 Å². The Labute approximate surface area is 170 Å². The zero-order valence-electron chi connectivity index (χ0n) is 15.8. The van der Waals surface area contributed by atoms with Gasteiger partial charge in [-0.25, -0.2) is 0 Å². The minimum Gasteiger partial charge on any atom is -0.347 e. The number of fused-ring (bicyclic) bond motifs is 1. The van der Waals surface area contributed by atoms with Crippen LogP contribution in [0, 0.1) is 17.0 Å². The number of carbonyl (C=O) groups is 2. The zero-order chi connectivity index (χ0) is 20.7. The van der Waals surface area contributed by atoms with Gasteiger partial charge in [-0.3, -0.25) is 24.6 Å². The average molecular weight is 407 g/mol. The molecule has 1 aliphatic rings.